The molecule has 21 heavy (non-hydrogen) atoms. The highest BCUT2D eigenvalue weighted by Crippen LogP contribution is 2.28. The Balaban J connectivity index is 2.96. The van der Waals surface area contributed by atoms with Gasteiger partial charge in [-0.1, -0.05) is 26.8 Å². The van der Waals surface area contributed by atoms with E-state index in [4.69, 9.17) is 10.00 Å². The van der Waals surface area contributed by atoms with E-state index in [1.54, 1.807) is 52.0 Å². The quantitative estimate of drug-likeness (QED) is 0.682. The molecule has 1 amide bonds. The van der Waals surface area contributed by atoms with Crippen LogP contribution in [-0.2, 0) is 14.3 Å². The first-order chi connectivity index (χ1) is 9.79. The van der Waals surface area contributed by atoms with Gasteiger partial charge in [0.2, 0.25) is 5.91 Å². The van der Waals surface area contributed by atoms with E-state index in [0.29, 0.717) is 11.3 Å². The molecule has 0 bridgehead atoms. The fourth-order valence-corrected chi connectivity index (χ4v) is 1.96. The SMILES string of the molecule is CCOC(=O)C(C(=O)Nc1cccc(C#N)c1)C(C)(C)C. The Bertz CT molecular complexity index is 568. The summed E-state index contributed by atoms with van der Waals surface area (Å²) in [6.45, 7) is 7.34. The number of carbonyl (C=O) groups is 2. The second-order valence-electron chi connectivity index (χ2n) is 5.73. The van der Waals surface area contributed by atoms with E-state index >= 15 is 0 Å². The molecule has 1 rings (SSSR count). The van der Waals surface area contributed by atoms with Crippen LogP contribution in [0, 0.1) is 22.7 Å². The molecule has 1 aromatic carbocycles. The van der Waals surface area contributed by atoms with E-state index in [1.165, 1.54) is 0 Å². The van der Waals surface area contributed by atoms with Gasteiger partial charge in [-0.2, -0.15) is 5.26 Å². The Kier molecular flexibility index (Phi) is 5.48. The number of hydrogen-bond acceptors (Lipinski definition) is 4. The van der Waals surface area contributed by atoms with E-state index in [9.17, 15) is 9.59 Å². The van der Waals surface area contributed by atoms with Crippen LogP contribution in [0.2, 0.25) is 0 Å². The summed E-state index contributed by atoms with van der Waals surface area (Å²) in [5, 5.41) is 11.5. The summed E-state index contributed by atoms with van der Waals surface area (Å²) in [5.41, 5.74) is 0.359. The van der Waals surface area contributed by atoms with Crippen molar-refractivity contribution in [2.75, 3.05) is 11.9 Å². The minimum atomic E-state index is -0.914. The third-order valence-corrected chi connectivity index (χ3v) is 2.91. The molecule has 0 saturated carbocycles. The third kappa shape index (κ3) is 4.60. The smallest absolute Gasteiger partial charge is 0.319 e. The molecule has 0 radical (unpaired) electrons. The minimum Gasteiger partial charge on any atom is -0.465 e. The van der Waals surface area contributed by atoms with Crippen LogP contribution in [0.1, 0.15) is 33.3 Å². The van der Waals surface area contributed by atoms with Crippen molar-refractivity contribution in [3.8, 4) is 6.07 Å². The van der Waals surface area contributed by atoms with Crippen molar-refractivity contribution in [1.82, 2.24) is 0 Å². The number of nitrogens with one attached hydrogen (secondary N) is 1. The highest BCUT2D eigenvalue weighted by atomic mass is 16.5. The van der Waals surface area contributed by atoms with Crippen molar-refractivity contribution >= 4 is 17.6 Å². The lowest BCUT2D eigenvalue weighted by Gasteiger charge is -2.27. The first-order valence-corrected chi connectivity index (χ1v) is 6.77. The Morgan fingerprint density at radius 1 is 1.38 bits per heavy atom. The highest BCUT2D eigenvalue weighted by Gasteiger charge is 2.38. The van der Waals surface area contributed by atoms with Crippen molar-refractivity contribution < 1.29 is 14.3 Å². The van der Waals surface area contributed by atoms with Crippen LogP contribution in [0.5, 0.6) is 0 Å². The van der Waals surface area contributed by atoms with Crippen LogP contribution >= 0.6 is 0 Å². The van der Waals surface area contributed by atoms with Crippen LogP contribution in [0.3, 0.4) is 0 Å². The number of amides is 1. The molecular weight excluding hydrogens is 268 g/mol. The molecule has 1 aromatic rings. The second kappa shape index (κ2) is 6.89. The van der Waals surface area contributed by atoms with Gasteiger partial charge in [0.05, 0.1) is 18.2 Å². The van der Waals surface area contributed by atoms with Gasteiger partial charge < -0.3 is 10.1 Å². The topological polar surface area (TPSA) is 79.2 Å². The van der Waals surface area contributed by atoms with Crippen LogP contribution < -0.4 is 5.32 Å². The maximum absolute atomic E-state index is 12.4. The second-order valence-corrected chi connectivity index (χ2v) is 5.73. The molecule has 1 N–H and O–H groups in total. The Hall–Kier alpha value is -2.35. The first kappa shape index (κ1) is 16.7. The summed E-state index contributed by atoms with van der Waals surface area (Å²) in [5.74, 6) is -1.89. The number of ether oxygens (including phenoxy) is 1. The first-order valence-electron chi connectivity index (χ1n) is 6.77. The summed E-state index contributed by atoms with van der Waals surface area (Å²) in [6.07, 6.45) is 0. The number of esters is 1. The van der Waals surface area contributed by atoms with Gasteiger partial charge in [0, 0.05) is 5.69 Å². The zero-order valence-electron chi connectivity index (χ0n) is 12.8. The number of nitriles is 1. The maximum atomic E-state index is 12.4. The van der Waals surface area contributed by atoms with Crippen molar-refractivity contribution in [1.29, 1.82) is 5.26 Å². The number of nitrogens with zero attached hydrogens (tertiary/aromatic N) is 1. The van der Waals surface area contributed by atoms with Gasteiger partial charge in [0.25, 0.3) is 0 Å². The van der Waals surface area contributed by atoms with Gasteiger partial charge in [-0.05, 0) is 30.5 Å². The molecule has 1 unspecified atom stereocenters. The molecule has 0 aliphatic heterocycles. The predicted octanol–water partition coefficient (Wildman–Crippen LogP) is 2.72. The summed E-state index contributed by atoms with van der Waals surface area (Å²) in [7, 11) is 0. The van der Waals surface area contributed by atoms with E-state index < -0.39 is 23.2 Å². The number of hydrogen-bond donors (Lipinski definition) is 1. The molecule has 5 nitrogen and oxygen atoms in total. The Morgan fingerprint density at radius 2 is 2.05 bits per heavy atom. The third-order valence-electron chi connectivity index (χ3n) is 2.91. The molecule has 1 atom stereocenters. The lowest BCUT2D eigenvalue weighted by atomic mass is 9.80. The van der Waals surface area contributed by atoms with Gasteiger partial charge in [0.1, 0.15) is 5.92 Å². The van der Waals surface area contributed by atoms with Crippen LogP contribution in [-0.4, -0.2) is 18.5 Å². The van der Waals surface area contributed by atoms with Gasteiger partial charge >= 0.3 is 5.97 Å². The van der Waals surface area contributed by atoms with Gasteiger partial charge in [0.15, 0.2) is 0 Å². The fraction of sp³-hybridized carbons (Fsp3) is 0.438. The van der Waals surface area contributed by atoms with Crippen molar-refractivity contribution in [2.24, 2.45) is 11.3 Å². The maximum Gasteiger partial charge on any atom is 0.319 e. The van der Waals surface area contributed by atoms with Crippen molar-refractivity contribution in [3.05, 3.63) is 29.8 Å². The summed E-state index contributed by atoms with van der Waals surface area (Å²) in [6, 6.07) is 8.54. The van der Waals surface area contributed by atoms with E-state index in [0.717, 1.165) is 0 Å². The zero-order valence-corrected chi connectivity index (χ0v) is 12.8. The normalized spacial score (nSPS) is 12.1. The Labute approximate surface area is 124 Å². The predicted molar refractivity (Wildman–Crippen MR) is 79.4 cm³/mol. The van der Waals surface area contributed by atoms with Crippen molar-refractivity contribution in [2.45, 2.75) is 27.7 Å². The Morgan fingerprint density at radius 3 is 2.57 bits per heavy atom. The van der Waals surface area contributed by atoms with Gasteiger partial charge in [-0.15, -0.1) is 0 Å². The fourth-order valence-electron chi connectivity index (χ4n) is 1.96. The largest absolute Gasteiger partial charge is 0.465 e. The van der Waals surface area contributed by atoms with Crippen LogP contribution in [0.25, 0.3) is 0 Å². The van der Waals surface area contributed by atoms with Gasteiger partial charge in [-0.25, -0.2) is 0 Å². The van der Waals surface area contributed by atoms with E-state index in [-0.39, 0.29) is 6.61 Å². The lowest BCUT2D eigenvalue weighted by molar-refractivity contribution is -0.155. The zero-order chi connectivity index (χ0) is 16.0. The highest BCUT2D eigenvalue weighted by molar-refractivity contribution is 6.05. The molecule has 0 aliphatic rings. The number of rotatable bonds is 4. The standard InChI is InChI=1S/C16H20N2O3/c1-5-21-15(20)13(16(2,3)4)14(19)18-12-8-6-7-11(9-12)10-17/h6-9,13H,5H2,1-4H3,(H,18,19). The minimum absolute atomic E-state index is 0.225. The van der Waals surface area contributed by atoms with Gasteiger partial charge in [-0.3, -0.25) is 9.59 Å². The lowest BCUT2D eigenvalue weighted by Crippen LogP contribution is -2.40. The molecule has 0 heterocycles. The molecule has 0 aliphatic carbocycles. The number of anilines is 1. The van der Waals surface area contributed by atoms with Crippen LogP contribution in [0.15, 0.2) is 24.3 Å². The molecule has 5 heteroatoms. The molecule has 0 fully saturated rings. The van der Waals surface area contributed by atoms with Crippen molar-refractivity contribution in [3.63, 3.8) is 0 Å². The molecule has 112 valence electrons. The van der Waals surface area contributed by atoms with Crippen LogP contribution in [0.4, 0.5) is 5.69 Å². The summed E-state index contributed by atoms with van der Waals surface area (Å²) in [4.78, 5) is 24.4. The summed E-state index contributed by atoms with van der Waals surface area (Å²) >= 11 is 0. The van der Waals surface area contributed by atoms with E-state index in [1.807, 2.05) is 6.07 Å². The summed E-state index contributed by atoms with van der Waals surface area (Å²) < 4.78 is 4.98. The molecular formula is C16H20N2O3. The monoisotopic (exact) mass is 288 g/mol. The van der Waals surface area contributed by atoms with E-state index in [2.05, 4.69) is 5.32 Å². The average Bonchev–Trinajstić information content (AvgIpc) is 2.37. The number of carbonyl (C=O) groups excluding carboxylic acids is 2. The molecule has 0 saturated heterocycles. The molecule has 0 aromatic heterocycles. The molecule has 0 spiro atoms. The number of benzene rings is 1. The average molecular weight is 288 g/mol.